The predicted molar refractivity (Wildman–Crippen MR) is 143 cm³/mol. The Bertz CT molecular complexity index is 1020. The van der Waals surface area contributed by atoms with E-state index in [2.05, 4.69) is 45.9 Å². The quantitative estimate of drug-likeness (QED) is 0.231. The summed E-state index contributed by atoms with van der Waals surface area (Å²) in [5.74, 6) is -1.45. The highest BCUT2D eigenvalue weighted by Crippen LogP contribution is 2.40. The monoisotopic (exact) mass is 483 g/mol. The van der Waals surface area contributed by atoms with E-state index in [-0.39, 0.29) is 15.6 Å². The highest BCUT2D eigenvalue weighted by molar-refractivity contribution is 8.26. The molecule has 1 heterocycles. The van der Waals surface area contributed by atoms with Gasteiger partial charge in [-0.25, -0.2) is 0 Å². The van der Waals surface area contributed by atoms with Crippen LogP contribution in [0, 0.1) is 5.41 Å². The van der Waals surface area contributed by atoms with E-state index in [1.807, 2.05) is 31.2 Å². The summed E-state index contributed by atoms with van der Waals surface area (Å²) in [6, 6.07) is 0. The second-order valence-corrected chi connectivity index (χ2v) is 10.7. The van der Waals surface area contributed by atoms with Gasteiger partial charge < -0.3 is 5.11 Å². The molecule has 0 bridgehead atoms. The van der Waals surface area contributed by atoms with Crippen LogP contribution < -0.4 is 0 Å². The first-order valence-corrected chi connectivity index (χ1v) is 12.3. The molecular weight excluding hydrogens is 450 g/mol. The molecule has 0 radical (unpaired) electrons. The topological polar surface area (TPSA) is 57.6 Å². The number of carboxylic acids is 1. The maximum atomic E-state index is 12.2. The van der Waals surface area contributed by atoms with Crippen LogP contribution >= 0.6 is 24.0 Å². The van der Waals surface area contributed by atoms with Crippen LogP contribution in [-0.4, -0.2) is 32.7 Å². The number of amides is 1. The van der Waals surface area contributed by atoms with Gasteiger partial charge in [0.05, 0.1) is 4.91 Å². The van der Waals surface area contributed by atoms with Crippen molar-refractivity contribution in [2.75, 3.05) is 6.54 Å². The lowest BCUT2D eigenvalue weighted by Gasteiger charge is -2.32. The summed E-state index contributed by atoms with van der Waals surface area (Å²) in [5, 5.41) is 8.88. The Morgan fingerprint density at radius 3 is 2.48 bits per heavy atom. The van der Waals surface area contributed by atoms with Crippen LogP contribution in [0.3, 0.4) is 0 Å². The smallest absolute Gasteiger partial charge is 0.323 e. The fraction of sp³-hybridized carbons (Fsp3) is 0.370. The molecule has 1 aliphatic heterocycles. The van der Waals surface area contributed by atoms with Crippen LogP contribution in [0.2, 0.25) is 0 Å². The number of thioether (sulfide) groups is 1. The zero-order valence-corrected chi connectivity index (χ0v) is 21.7. The number of hydrogen-bond acceptors (Lipinski definition) is 4. The summed E-state index contributed by atoms with van der Waals surface area (Å²) in [7, 11) is 0. The Labute approximate surface area is 207 Å². The summed E-state index contributed by atoms with van der Waals surface area (Å²) < 4.78 is 0.270. The lowest BCUT2D eigenvalue weighted by atomic mass is 9.72. The first-order chi connectivity index (χ1) is 15.5. The zero-order valence-electron chi connectivity index (χ0n) is 20.1. The van der Waals surface area contributed by atoms with Crippen LogP contribution in [0.25, 0.3) is 0 Å². The van der Waals surface area contributed by atoms with Gasteiger partial charge in [0.2, 0.25) is 0 Å². The summed E-state index contributed by atoms with van der Waals surface area (Å²) in [5.41, 5.74) is 5.47. The molecule has 1 saturated heterocycles. The van der Waals surface area contributed by atoms with Crippen molar-refractivity contribution in [3.8, 4) is 0 Å². The molecule has 0 atom stereocenters. The van der Waals surface area contributed by atoms with Gasteiger partial charge in [0, 0.05) is 0 Å². The molecule has 2 aliphatic rings. The van der Waals surface area contributed by atoms with Gasteiger partial charge in [0.15, 0.2) is 0 Å². The third kappa shape index (κ3) is 8.13. The van der Waals surface area contributed by atoms with Gasteiger partial charge in [-0.1, -0.05) is 103 Å². The number of hydrogen-bond donors (Lipinski definition) is 1. The van der Waals surface area contributed by atoms with Gasteiger partial charge in [-0.05, 0) is 57.1 Å². The number of carbonyl (C=O) groups excluding carboxylic acids is 1. The standard InChI is InChI=1S/C27H33NO3S2/c1-19(10-6-7-14-23-25(31)28(18-24(29)30)26(32)33-23)11-8-12-20(2)15-16-22-21(3)13-9-17-27(22,4)5/h6-8,10-12,14-16H,9,13,17-18H2,1-5H3,(H,29,30). The molecule has 33 heavy (non-hydrogen) atoms. The minimum atomic E-state index is -1.08. The summed E-state index contributed by atoms with van der Waals surface area (Å²) >= 11 is 6.20. The van der Waals surface area contributed by atoms with Crippen molar-refractivity contribution >= 4 is 40.2 Å². The predicted octanol–water partition coefficient (Wildman–Crippen LogP) is 6.90. The normalized spacial score (nSPS) is 21.6. The highest BCUT2D eigenvalue weighted by Gasteiger charge is 2.32. The van der Waals surface area contributed by atoms with Crippen LogP contribution in [0.15, 0.2) is 81.9 Å². The van der Waals surface area contributed by atoms with E-state index in [0.29, 0.717) is 4.91 Å². The van der Waals surface area contributed by atoms with Crippen LogP contribution in [-0.2, 0) is 9.59 Å². The van der Waals surface area contributed by atoms with E-state index < -0.39 is 12.5 Å². The van der Waals surface area contributed by atoms with Gasteiger partial charge in [-0.2, -0.15) is 0 Å². The molecule has 0 spiro atoms. The second-order valence-electron chi connectivity index (χ2n) is 9.01. The molecule has 4 nitrogen and oxygen atoms in total. The van der Waals surface area contributed by atoms with Gasteiger partial charge in [0.25, 0.3) is 5.91 Å². The number of allylic oxidation sites excluding steroid dienone is 13. The summed E-state index contributed by atoms with van der Waals surface area (Å²) in [6.07, 6.45) is 21.5. The number of carboxylic acid groups (broad SMARTS) is 1. The SMILES string of the molecule is CC(C=CC=C(C)C=CC1=C(C)CCCC1(C)C)=CC=CC=C1SC(=S)N(CC(=O)O)C1=O. The first-order valence-electron chi connectivity index (χ1n) is 11.1. The van der Waals surface area contributed by atoms with E-state index in [4.69, 9.17) is 17.3 Å². The fourth-order valence-electron chi connectivity index (χ4n) is 3.82. The van der Waals surface area contributed by atoms with Crippen molar-refractivity contribution in [1.82, 2.24) is 4.90 Å². The van der Waals surface area contributed by atoms with Crippen molar-refractivity contribution in [2.24, 2.45) is 5.41 Å². The lowest BCUT2D eigenvalue weighted by Crippen LogP contribution is -2.33. The molecule has 0 saturated carbocycles. The van der Waals surface area contributed by atoms with Crippen LogP contribution in [0.4, 0.5) is 0 Å². The van der Waals surface area contributed by atoms with Crippen molar-refractivity contribution in [3.63, 3.8) is 0 Å². The zero-order chi connectivity index (χ0) is 24.6. The third-order valence-electron chi connectivity index (χ3n) is 5.66. The first kappa shape index (κ1) is 26.8. The molecule has 1 N–H and O–H groups in total. The number of rotatable bonds is 8. The average Bonchev–Trinajstić information content (AvgIpc) is 2.97. The molecule has 0 aromatic heterocycles. The van der Waals surface area contributed by atoms with Crippen molar-refractivity contribution in [3.05, 3.63) is 81.9 Å². The van der Waals surface area contributed by atoms with Crippen molar-refractivity contribution < 1.29 is 14.7 Å². The second kappa shape index (κ2) is 12.1. The van der Waals surface area contributed by atoms with Crippen molar-refractivity contribution in [2.45, 2.75) is 53.9 Å². The maximum Gasteiger partial charge on any atom is 0.323 e. The van der Waals surface area contributed by atoms with E-state index in [9.17, 15) is 9.59 Å². The highest BCUT2D eigenvalue weighted by atomic mass is 32.2. The molecule has 0 aromatic carbocycles. The number of aliphatic carboxylic acids is 1. The van der Waals surface area contributed by atoms with Gasteiger partial charge in [0.1, 0.15) is 10.9 Å². The van der Waals surface area contributed by atoms with Crippen molar-refractivity contribution in [1.29, 1.82) is 0 Å². The minimum absolute atomic E-state index is 0.247. The minimum Gasteiger partial charge on any atom is -0.480 e. The summed E-state index contributed by atoms with van der Waals surface area (Å²) in [4.78, 5) is 24.6. The maximum absolute atomic E-state index is 12.2. The van der Waals surface area contributed by atoms with Gasteiger partial charge in [-0.3, -0.25) is 14.5 Å². The molecule has 6 heteroatoms. The Morgan fingerprint density at radius 2 is 1.82 bits per heavy atom. The molecular formula is C27H33NO3S2. The molecule has 0 aromatic rings. The molecule has 2 rings (SSSR count). The Morgan fingerprint density at radius 1 is 1.15 bits per heavy atom. The van der Waals surface area contributed by atoms with Gasteiger partial charge >= 0.3 is 5.97 Å². The van der Waals surface area contributed by atoms with E-state index in [0.717, 1.165) is 22.2 Å². The van der Waals surface area contributed by atoms with Crippen LogP contribution in [0.5, 0.6) is 0 Å². The molecule has 0 unspecified atom stereocenters. The third-order valence-corrected chi connectivity index (χ3v) is 7.05. The molecule has 1 amide bonds. The Hall–Kier alpha value is -2.44. The number of thiocarbonyl (C=S) groups is 1. The molecule has 176 valence electrons. The lowest BCUT2D eigenvalue weighted by molar-refractivity contribution is -0.140. The molecule has 1 aliphatic carbocycles. The summed E-state index contributed by atoms with van der Waals surface area (Å²) in [6.45, 7) is 10.6. The van der Waals surface area contributed by atoms with E-state index in [1.165, 1.54) is 36.0 Å². The van der Waals surface area contributed by atoms with E-state index in [1.54, 1.807) is 12.2 Å². The fourth-order valence-corrected chi connectivity index (χ4v) is 5.03. The largest absolute Gasteiger partial charge is 0.480 e. The number of carbonyl (C=O) groups is 2. The van der Waals surface area contributed by atoms with Crippen LogP contribution in [0.1, 0.15) is 53.9 Å². The molecule has 1 fully saturated rings. The Kier molecular flexibility index (Phi) is 9.87. The Balaban J connectivity index is 1.94. The number of nitrogens with zero attached hydrogens (tertiary/aromatic N) is 1. The average molecular weight is 484 g/mol. The van der Waals surface area contributed by atoms with Gasteiger partial charge in [-0.15, -0.1) is 0 Å². The van der Waals surface area contributed by atoms with E-state index >= 15 is 0 Å².